The third-order valence-electron chi connectivity index (χ3n) is 4.69. The van der Waals surface area contributed by atoms with Crippen molar-refractivity contribution in [2.24, 2.45) is 29.1 Å². The van der Waals surface area contributed by atoms with E-state index in [0.717, 1.165) is 13.8 Å². The van der Waals surface area contributed by atoms with E-state index in [0.29, 0.717) is 0 Å². The van der Waals surface area contributed by atoms with E-state index in [-0.39, 0.29) is 0 Å². The fourth-order valence-electron chi connectivity index (χ4n) is 3.94. The Labute approximate surface area is 110 Å². The van der Waals surface area contributed by atoms with Crippen LogP contribution in [0.4, 0.5) is 26.3 Å². The summed E-state index contributed by atoms with van der Waals surface area (Å²) in [6.07, 6.45) is -11.4. The second-order valence-corrected chi connectivity index (χ2v) is 5.59. The lowest BCUT2D eigenvalue weighted by Gasteiger charge is -2.31. The molecule has 4 atom stereocenters. The highest BCUT2D eigenvalue weighted by Crippen LogP contribution is 2.81. The van der Waals surface area contributed by atoms with Gasteiger partial charge in [-0.15, -0.1) is 0 Å². The average Bonchev–Trinajstić information content (AvgIpc) is 2.71. The standard InChI is InChI=1S/C12H12F6O2/c1-4(19)6-3-7-9(8(6)5(2)20)10(7,11(13,14)15)12(16,17)18/h6-9H,3H2,1-2H3. The van der Waals surface area contributed by atoms with Crippen molar-refractivity contribution in [3.8, 4) is 0 Å². The van der Waals surface area contributed by atoms with Gasteiger partial charge >= 0.3 is 12.4 Å². The summed E-state index contributed by atoms with van der Waals surface area (Å²) in [6, 6.07) is 0. The molecule has 0 aromatic heterocycles. The van der Waals surface area contributed by atoms with Crippen molar-refractivity contribution in [1.82, 2.24) is 0 Å². The molecule has 0 bridgehead atoms. The number of carbonyl (C=O) groups excluding carboxylic acids is 2. The number of halogens is 6. The van der Waals surface area contributed by atoms with Crippen LogP contribution in [0.5, 0.6) is 0 Å². The molecule has 0 saturated heterocycles. The SMILES string of the molecule is CC(=O)C1CC2C(C1C(C)=O)C2(C(F)(F)F)C(F)(F)F. The van der Waals surface area contributed by atoms with Crippen molar-refractivity contribution in [3.63, 3.8) is 0 Å². The molecule has 2 nitrogen and oxygen atoms in total. The summed E-state index contributed by atoms with van der Waals surface area (Å²) >= 11 is 0. The maximum Gasteiger partial charge on any atom is 0.403 e. The lowest BCUT2D eigenvalue weighted by molar-refractivity contribution is -0.314. The number of hydrogen-bond acceptors (Lipinski definition) is 2. The van der Waals surface area contributed by atoms with E-state index in [2.05, 4.69) is 0 Å². The molecule has 0 aromatic carbocycles. The fourth-order valence-corrected chi connectivity index (χ4v) is 3.94. The molecule has 0 aliphatic heterocycles. The van der Waals surface area contributed by atoms with Gasteiger partial charge in [-0.3, -0.25) is 9.59 Å². The first-order chi connectivity index (χ1) is 8.87. The zero-order valence-corrected chi connectivity index (χ0v) is 10.6. The van der Waals surface area contributed by atoms with E-state index < -0.39 is 59.4 Å². The lowest BCUT2D eigenvalue weighted by Crippen LogP contribution is -2.46. The molecular weight excluding hydrogens is 290 g/mol. The van der Waals surface area contributed by atoms with E-state index in [1.807, 2.05) is 0 Å². The molecule has 2 rings (SSSR count). The van der Waals surface area contributed by atoms with Crippen molar-refractivity contribution in [1.29, 1.82) is 0 Å². The highest BCUT2D eigenvalue weighted by molar-refractivity contribution is 5.89. The van der Waals surface area contributed by atoms with Gasteiger partial charge in [0.15, 0.2) is 5.41 Å². The summed E-state index contributed by atoms with van der Waals surface area (Å²) in [5.41, 5.74) is -3.82. The normalized spacial score (nSPS) is 35.6. The summed E-state index contributed by atoms with van der Waals surface area (Å²) in [7, 11) is 0. The third-order valence-corrected chi connectivity index (χ3v) is 4.69. The maximum atomic E-state index is 13.0. The quantitative estimate of drug-likeness (QED) is 0.734. The van der Waals surface area contributed by atoms with Crippen molar-refractivity contribution >= 4 is 11.6 Å². The molecular formula is C12H12F6O2. The molecule has 0 amide bonds. The van der Waals surface area contributed by atoms with Crippen LogP contribution >= 0.6 is 0 Å². The van der Waals surface area contributed by atoms with Crippen LogP contribution in [0.3, 0.4) is 0 Å². The monoisotopic (exact) mass is 302 g/mol. The highest BCUT2D eigenvalue weighted by Gasteiger charge is 2.92. The minimum Gasteiger partial charge on any atom is -0.300 e. The summed E-state index contributed by atoms with van der Waals surface area (Å²) in [6.45, 7) is 2.03. The molecule has 2 fully saturated rings. The maximum absolute atomic E-state index is 13.0. The van der Waals surface area contributed by atoms with Crippen molar-refractivity contribution in [3.05, 3.63) is 0 Å². The van der Waals surface area contributed by atoms with Crippen molar-refractivity contribution in [2.45, 2.75) is 32.6 Å². The van der Waals surface area contributed by atoms with Gasteiger partial charge in [-0.05, 0) is 32.1 Å². The zero-order chi connectivity index (χ0) is 15.7. The second-order valence-electron chi connectivity index (χ2n) is 5.59. The Kier molecular flexibility index (Phi) is 3.04. The van der Waals surface area contributed by atoms with E-state index in [4.69, 9.17) is 0 Å². The molecule has 0 N–H and O–H groups in total. The van der Waals surface area contributed by atoms with E-state index in [1.165, 1.54) is 0 Å². The number of fused-ring (bicyclic) bond motifs is 1. The number of hydrogen-bond donors (Lipinski definition) is 0. The highest BCUT2D eigenvalue weighted by atomic mass is 19.4. The van der Waals surface area contributed by atoms with E-state index in [1.54, 1.807) is 0 Å². The van der Waals surface area contributed by atoms with E-state index >= 15 is 0 Å². The van der Waals surface area contributed by atoms with Gasteiger partial charge in [-0.2, -0.15) is 26.3 Å². The van der Waals surface area contributed by atoms with Crippen LogP contribution < -0.4 is 0 Å². The zero-order valence-electron chi connectivity index (χ0n) is 10.6. The Bertz CT molecular complexity index is 450. The topological polar surface area (TPSA) is 34.1 Å². The minimum atomic E-state index is -5.46. The Morgan fingerprint density at radius 3 is 1.70 bits per heavy atom. The molecule has 0 aromatic rings. The minimum absolute atomic E-state index is 0.525. The third kappa shape index (κ3) is 1.65. The van der Waals surface area contributed by atoms with Crippen molar-refractivity contribution in [2.75, 3.05) is 0 Å². The molecule has 2 aliphatic carbocycles. The van der Waals surface area contributed by atoms with Crippen LogP contribution in [0.25, 0.3) is 0 Å². The van der Waals surface area contributed by atoms with Gasteiger partial charge in [0.25, 0.3) is 0 Å². The lowest BCUT2D eigenvalue weighted by atomic mass is 9.78. The number of carbonyl (C=O) groups is 2. The summed E-state index contributed by atoms with van der Waals surface area (Å²) in [5.74, 6) is -7.40. The Hall–Kier alpha value is -1.08. The summed E-state index contributed by atoms with van der Waals surface area (Å²) in [5, 5.41) is 0. The Morgan fingerprint density at radius 1 is 0.950 bits per heavy atom. The number of alkyl halides is 6. The van der Waals surface area contributed by atoms with Crippen LogP contribution in [0.15, 0.2) is 0 Å². The first-order valence-corrected chi connectivity index (χ1v) is 6.01. The van der Waals surface area contributed by atoms with Gasteiger partial charge in [-0.25, -0.2) is 0 Å². The summed E-state index contributed by atoms with van der Waals surface area (Å²) in [4.78, 5) is 22.8. The molecule has 2 saturated carbocycles. The molecule has 2 aliphatic rings. The van der Waals surface area contributed by atoms with Crippen LogP contribution in [-0.2, 0) is 9.59 Å². The fraction of sp³-hybridized carbons (Fsp3) is 0.833. The number of ketones is 2. The van der Waals surface area contributed by atoms with Gasteiger partial charge in [0.2, 0.25) is 0 Å². The number of rotatable bonds is 2. The van der Waals surface area contributed by atoms with Gasteiger partial charge < -0.3 is 0 Å². The van der Waals surface area contributed by atoms with Crippen LogP contribution in [0.2, 0.25) is 0 Å². The van der Waals surface area contributed by atoms with E-state index in [9.17, 15) is 35.9 Å². The Morgan fingerprint density at radius 2 is 1.40 bits per heavy atom. The largest absolute Gasteiger partial charge is 0.403 e. The molecule has 20 heavy (non-hydrogen) atoms. The molecule has 4 unspecified atom stereocenters. The van der Waals surface area contributed by atoms with Gasteiger partial charge in [0.05, 0.1) is 0 Å². The summed E-state index contributed by atoms with van der Waals surface area (Å²) < 4.78 is 77.8. The van der Waals surface area contributed by atoms with Gasteiger partial charge in [0.1, 0.15) is 11.6 Å². The average molecular weight is 302 g/mol. The molecule has 0 spiro atoms. The predicted octanol–water partition coefficient (Wildman–Crippen LogP) is 3.16. The van der Waals surface area contributed by atoms with Crippen molar-refractivity contribution < 1.29 is 35.9 Å². The first-order valence-electron chi connectivity index (χ1n) is 6.01. The molecule has 8 heteroatoms. The van der Waals surface area contributed by atoms with Crippen LogP contribution in [-0.4, -0.2) is 23.9 Å². The predicted molar refractivity (Wildman–Crippen MR) is 54.5 cm³/mol. The van der Waals surface area contributed by atoms with Crippen LogP contribution in [0.1, 0.15) is 20.3 Å². The Balaban J connectivity index is 2.46. The number of Topliss-reactive ketones (excluding diaryl/α,β-unsaturated/α-hetero) is 2. The molecule has 0 radical (unpaired) electrons. The molecule has 0 heterocycles. The van der Waals surface area contributed by atoms with Crippen LogP contribution in [0, 0.1) is 29.1 Å². The first kappa shape index (κ1) is 15.3. The van der Waals surface area contributed by atoms with Gasteiger partial charge in [-0.1, -0.05) is 0 Å². The second kappa shape index (κ2) is 3.98. The molecule has 114 valence electrons. The van der Waals surface area contributed by atoms with Gasteiger partial charge in [0, 0.05) is 11.8 Å². The smallest absolute Gasteiger partial charge is 0.300 e.